The maximum atomic E-state index is 10.7. The molecule has 1 aromatic rings. The number of ether oxygens (including phenoxy) is 2. The van der Waals surface area contributed by atoms with Crippen molar-refractivity contribution in [3.05, 3.63) is 31.2 Å². The fourth-order valence-corrected chi connectivity index (χ4v) is 2.86. The highest BCUT2D eigenvalue weighted by atomic mass is 79.9. The van der Waals surface area contributed by atoms with Gasteiger partial charge in [-0.3, -0.25) is 10.1 Å². The van der Waals surface area contributed by atoms with E-state index in [1.807, 2.05) is 0 Å². The van der Waals surface area contributed by atoms with Crippen molar-refractivity contribution in [2.45, 2.75) is 6.10 Å². The first kappa shape index (κ1) is 18.3. The van der Waals surface area contributed by atoms with Crippen LogP contribution < -0.4 is 10.1 Å². The first-order valence-corrected chi connectivity index (χ1v) is 7.68. The van der Waals surface area contributed by atoms with Crippen LogP contribution in [0.2, 0.25) is 0 Å². The molecule has 0 spiro atoms. The smallest absolute Gasteiger partial charge is 0.271 e. The van der Waals surface area contributed by atoms with Gasteiger partial charge in [0.2, 0.25) is 0 Å². The summed E-state index contributed by atoms with van der Waals surface area (Å²) >= 11 is 6.43. The second-order valence-corrected chi connectivity index (χ2v) is 5.87. The molecule has 0 bridgehead atoms. The lowest BCUT2D eigenvalue weighted by Gasteiger charge is -2.15. The maximum Gasteiger partial charge on any atom is 0.271 e. The summed E-state index contributed by atoms with van der Waals surface area (Å²) in [6, 6.07) is 2.70. The number of nitro benzene ring substituents is 1. The standard InChI is InChI=1S/C12H16Br2N2O5/c1-20-3-2-15-6-9(17)7-21-12-10(13)4-8(16(18)19)5-11(12)14/h4-5,9,15,17H,2-3,6-7H2,1H3. The first-order chi connectivity index (χ1) is 9.95. The highest BCUT2D eigenvalue weighted by Crippen LogP contribution is 2.37. The van der Waals surface area contributed by atoms with E-state index in [2.05, 4.69) is 37.2 Å². The molecule has 1 unspecified atom stereocenters. The molecule has 2 N–H and O–H groups in total. The van der Waals surface area contributed by atoms with Crippen molar-refractivity contribution in [3.63, 3.8) is 0 Å². The number of hydrogen-bond acceptors (Lipinski definition) is 6. The van der Waals surface area contributed by atoms with E-state index in [9.17, 15) is 15.2 Å². The number of methoxy groups -OCH3 is 1. The van der Waals surface area contributed by atoms with Gasteiger partial charge in [0.25, 0.3) is 5.69 Å². The number of halogens is 2. The molecule has 0 aliphatic rings. The Morgan fingerprint density at radius 3 is 2.57 bits per heavy atom. The summed E-state index contributed by atoms with van der Waals surface area (Å²) in [5.41, 5.74) is -0.0529. The number of aliphatic hydroxyl groups is 1. The lowest BCUT2D eigenvalue weighted by Crippen LogP contribution is -2.33. The van der Waals surface area contributed by atoms with Gasteiger partial charge in [0, 0.05) is 32.3 Å². The van der Waals surface area contributed by atoms with Crippen LogP contribution in [0.1, 0.15) is 0 Å². The van der Waals surface area contributed by atoms with Crippen molar-refractivity contribution in [3.8, 4) is 5.75 Å². The molecule has 21 heavy (non-hydrogen) atoms. The molecule has 9 heteroatoms. The Hall–Kier alpha value is -0.740. The minimum atomic E-state index is -0.698. The van der Waals surface area contributed by atoms with E-state index >= 15 is 0 Å². The highest BCUT2D eigenvalue weighted by molar-refractivity contribution is 9.11. The SMILES string of the molecule is COCCNCC(O)COc1c(Br)cc([N+](=O)[O-])cc1Br. The summed E-state index contributed by atoms with van der Waals surface area (Å²) in [4.78, 5) is 10.2. The number of hydrogen-bond donors (Lipinski definition) is 2. The van der Waals surface area contributed by atoms with Crippen molar-refractivity contribution in [1.29, 1.82) is 0 Å². The number of benzene rings is 1. The first-order valence-electron chi connectivity index (χ1n) is 6.09. The number of non-ortho nitro benzene ring substituents is 1. The molecule has 0 fully saturated rings. The van der Waals surface area contributed by atoms with Gasteiger partial charge in [-0.05, 0) is 31.9 Å². The van der Waals surface area contributed by atoms with Crippen molar-refractivity contribution >= 4 is 37.5 Å². The van der Waals surface area contributed by atoms with Gasteiger partial charge in [0.1, 0.15) is 18.5 Å². The molecule has 1 aromatic carbocycles. The number of rotatable bonds is 9. The molecule has 0 aliphatic carbocycles. The lowest BCUT2D eigenvalue weighted by atomic mass is 10.3. The van der Waals surface area contributed by atoms with E-state index in [4.69, 9.17) is 9.47 Å². The third kappa shape index (κ3) is 6.27. The van der Waals surface area contributed by atoms with Gasteiger partial charge in [-0.1, -0.05) is 0 Å². The predicted octanol–water partition coefficient (Wildman–Crippen LogP) is 2.10. The molecule has 0 saturated heterocycles. The summed E-state index contributed by atoms with van der Waals surface area (Å²) in [6.07, 6.45) is -0.698. The second kappa shape index (κ2) is 9.31. The number of nitro groups is 1. The lowest BCUT2D eigenvalue weighted by molar-refractivity contribution is -0.385. The minimum Gasteiger partial charge on any atom is -0.488 e. The molecule has 0 radical (unpaired) electrons. The maximum absolute atomic E-state index is 10.7. The third-order valence-corrected chi connectivity index (χ3v) is 3.65. The zero-order chi connectivity index (χ0) is 15.8. The van der Waals surface area contributed by atoms with Crippen molar-refractivity contribution < 1.29 is 19.5 Å². The molecular formula is C12H16Br2N2O5. The minimum absolute atomic E-state index is 0.0529. The summed E-state index contributed by atoms with van der Waals surface area (Å²) in [6.45, 7) is 1.63. The Labute approximate surface area is 139 Å². The normalized spacial score (nSPS) is 12.2. The van der Waals surface area contributed by atoms with Crippen LogP contribution in [0.5, 0.6) is 5.75 Å². The van der Waals surface area contributed by atoms with Gasteiger partial charge in [-0.15, -0.1) is 0 Å². The van der Waals surface area contributed by atoms with E-state index in [0.29, 0.717) is 34.4 Å². The van der Waals surface area contributed by atoms with Crippen molar-refractivity contribution in [2.24, 2.45) is 0 Å². The van der Waals surface area contributed by atoms with Gasteiger partial charge in [-0.25, -0.2) is 0 Å². The fraction of sp³-hybridized carbons (Fsp3) is 0.500. The van der Waals surface area contributed by atoms with E-state index in [0.717, 1.165) is 0 Å². The molecule has 1 atom stereocenters. The van der Waals surface area contributed by atoms with Gasteiger partial charge in [0.15, 0.2) is 0 Å². The van der Waals surface area contributed by atoms with Crippen LogP contribution in [-0.2, 0) is 4.74 Å². The zero-order valence-electron chi connectivity index (χ0n) is 11.3. The number of aliphatic hydroxyl groups excluding tert-OH is 1. The Balaban J connectivity index is 2.53. The molecule has 0 heterocycles. The zero-order valence-corrected chi connectivity index (χ0v) is 14.5. The van der Waals surface area contributed by atoms with E-state index in [1.165, 1.54) is 12.1 Å². The van der Waals surface area contributed by atoms with Crippen molar-refractivity contribution in [2.75, 3.05) is 33.4 Å². The average Bonchev–Trinajstić information content (AvgIpc) is 2.42. The van der Waals surface area contributed by atoms with Crippen molar-refractivity contribution in [1.82, 2.24) is 5.32 Å². The van der Waals surface area contributed by atoms with E-state index in [-0.39, 0.29) is 12.3 Å². The Kier molecular flexibility index (Phi) is 8.12. The highest BCUT2D eigenvalue weighted by Gasteiger charge is 2.16. The van der Waals surface area contributed by atoms with Crippen LogP contribution in [0.3, 0.4) is 0 Å². The van der Waals surface area contributed by atoms with Gasteiger partial charge in [0.05, 0.1) is 20.5 Å². The predicted molar refractivity (Wildman–Crippen MR) is 84.7 cm³/mol. The Morgan fingerprint density at radius 1 is 1.43 bits per heavy atom. The molecule has 7 nitrogen and oxygen atoms in total. The Morgan fingerprint density at radius 2 is 2.05 bits per heavy atom. The second-order valence-electron chi connectivity index (χ2n) is 4.16. The monoisotopic (exact) mass is 426 g/mol. The Bertz CT molecular complexity index is 464. The number of nitrogens with zero attached hydrogens (tertiary/aromatic N) is 1. The fourth-order valence-electron chi connectivity index (χ4n) is 1.47. The summed E-state index contributed by atoms with van der Waals surface area (Å²) in [7, 11) is 1.60. The largest absolute Gasteiger partial charge is 0.488 e. The van der Waals surface area contributed by atoms with Gasteiger partial charge >= 0.3 is 0 Å². The molecule has 1 rings (SSSR count). The topological polar surface area (TPSA) is 93.9 Å². The molecular weight excluding hydrogens is 412 g/mol. The van der Waals surface area contributed by atoms with E-state index in [1.54, 1.807) is 7.11 Å². The molecule has 0 aliphatic heterocycles. The summed E-state index contributed by atoms with van der Waals surface area (Å²) in [5, 5.41) is 23.5. The van der Waals surface area contributed by atoms with Crippen LogP contribution >= 0.6 is 31.9 Å². The molecule has 0 amide bonds. The molecule has 118 valence electrons. The van der Waals surface area contributed by atoms with Crippen LogP contribution in [0.25, 0.3) is 0 Å². The quantitative estimate of drug-likeness (QED) is 0.356. The average molecular weight is 428 g/mol. The molecule has 0 saturated carbocycles. The van der Waals surface area contributed by atoms with E-state index < -0.39 is 11.0 Å². The summed E-state index contributed by atoms with van der Waals surface area (Å²) in [5.74, 6) is 0.413. The van der Waals surface area contributed by atoms with Crippen LogP contribution in [0, 0.1) is 10.1 Å². The van der Waals surface area contributed by atoms with Crippen LogP contribution in [0.15, 0.2) is 21.1 Å². The third-order valence-electron chi connectivity index (χ3n) is 2.48. The van der Waals surface area contributed by atoms with Crippen LogP contribution in [0.4, 0.5) is 5.69 Å². The van der Waals surface area contributed by atoms with Gasteiger partial charge < -0.3 is 19.9 Å². The van der Waals surface area contributed by atoms with Gasteiger partial charge in [-0.2, -0.15) is 0 Å². The summed E-state index contributed by atoms with van der Waals surface area (Å²) < 4.78 is 11.3. The molecule has 0 aromatic heterocycles. The van der Waals surface area contributed by atoms with Crippen LogP contribution in [-0.4, -0.2) is 49.5 Å². The number of nitrogens with one attached hydrogen (secondary N) is 1.